The van der Waals surface area contributed by atoms with E-state index < -0.39 is 0 Å². The van der Waals surface area contributed by atoms with Crippen molar-refractivity contribution in [2.24, 2.45) is 11.8 Å². The van der Waals surface area contributed by atoms with Crippen LogP contribution in [-0.4, -0.2) is 42.9 Å². The van der Waals surface area contributed by atoms with Crippen molar-refractivity contribution in [2.75, 3.05) is 31.5 Å². The van der Waals surface area contributed by atoms with Gasteiger partial charge in [0, 0.05) is 19.0 Å². The van der Waals surface area contributed by atoms with Crippen LogP contribution in [0.4, 0.5) is 5.00 Å². The van der Waals surface area contributed by atoms with Crippen LogP contribution >= 0.6 is 11.3 Å². The molecule has 1 aromatic rings. The minimum absolute atomic E-state index is 0.0299. The second-order valence-electron chi connectivity index (χ2n) is 7.21. The zero-order valence-corrected chi connectivity index (χ0v) is 15.4. The van der Waals surface area contributed by atoms with E-state index in [9.17, 15) is 9.59 Å². The first-order chi connectivity index (χ1) is 11.5. The van der Waals surface area contributed by atoms with Crippen molar-refractivity contribution in [3.63, 3.8) is 0 Å². The van der Waals surface area contributed by atoms with Gasteiger partial charge in [0.2, 0.25) is 5.91 Å². The Balaban J connectivity index is 1.48. The highest BCUT2D eigenvalue weighted by molar-refractivity contribution is 7.18. The molecule has 0 spiro atoms. The summed E-state index contributed by atoms with van der Waals surface area (Å²) in [4.78, 5) is 27.4. The monoisotopic (exact) mass is 349 g/mol. The third-order valence-corrected chi connectivity index (χ3v) is 5.85. The van der Waals surface area contributed by atoms with Crippen LogP contribution in [0.15, 0.2) is 6.07 Å². The molecule has 24 heavy (non-hydrogen) atoms. The van der Waals surface area contributed by atoms with Gasteiger partial charge < -0.3 is 15.5 Å². The normalized spacial score (nSPS) is 19.2. The third kappa shape index (κ3) is 4.57. The first kappa shape index (κ1) is 17.4. The van der Waals surface area contributed by atoms with E-state index in [1.54, 1.807) is 0 Å². The van der Waals surface area contributed by atoms with E-state index in [0.717, 1.165) is 30.0 Å². The van der Waals surface area contributed by atoms with Crippen LogP contribution in [0, 0.1) is 18.8 Å². The van der Waals surface area contributed by atoms with Crippen LogP contribution in [0.3, 0.4) is 0 Å². The molecule has 2 N–H and O–H groups in total. The summed E-state index contributed by atoms with van der Waals surface area (Å²) in [5, 5.41) is 6.75. The highest BCUT2D eigenvalue weighted by Crippen LogP contribution is 2.32. The fourth-order valence-electron chi connectivity index (χ4n) is 3.16. The maximum atomic E-state index is 12.4. The number of hydrogen-bond donors (Lipinski definition) is 2. The van der Waals surface area contributed by atoms with Crippen LogP contribution in [0.25, 0.3) is 0 Å². The molecular formula is C18H27N3O2S. The van der Waals surface area contributed by atoms with Crippen molar-refractivity contribution >= 4 is 28.2 Å². The van der Waals surface area contributed by atoms with E-state index in [-0.39, 0.29) is 17.7 Å². The smallest absolute Gasteiger partial charge is 0.261 e. The summed E-state index contributed by atoms with van der Waals surface area (Å²) in [6.07, 6.45) is 4.56. The molecule has 2 amide bonds. The summed E-state index contributed by atoms with van der Waals surface area (Å²) in [6, 6.07) is 1.90. The second kappa shape index (κ2) is 7.66. The summed E-state index contributed by atoms with van der Waals surface area (Å²) in [7, 11) is 0. The SMILES string of the molecule is Cc1cc(NC(=O)C2CC2)sc1C(=O)NCC(C)CN1CCCC1. The molecule has 132 valence electrons. The molecule has 5 nitrogen and oxygen atoms in total. The molecule has 3 rings (SSSR count). The quantitative estimate of drug-likeness (QED) is 0.796. The third-order valence-electron chi connectivity index (χ3n) is 4.70. The molecule has 1 saturated carbocycles. The van der Waals surface area contributed by atoms with E-state index in [1.807, 2.05) is 13.0 Å². The van der Waals surface area contributed by atoms with Crippen LogP contribution in [0.2, 0.25) is 0 Å². The first-order valence-electron chi connectivity index (χ1n) is 8.95. The van der Waals surface area contributed by atoms with Gasteiger partial charge in [-0.15, -0.1) is 11.3 Å². The van der Waals surface area contributed by atoms with E-state index >= 15 is 0 Å². The Hall–Kier alpha value is -1.40. The lowest BCUT2D eigenvalue weighted by Crippen LogP contribution is -2.34. The Kier molecular flexibility index (Phi) is 5.56. The number of hydrogen-bond acceptors (Lipinski definition) is 4. The van der Waals surface area contributed by atoms with E-state index in [1.165, 1.54) is 37.3 Å². The van der Waals surface area contributed by atoms with Gasteiger partial charge in [0.05, 0.1) is 9.88 Å². The summed E-state index contributed by atoms with van der Waals surface area (Å²) in [5.74, 6) is 0.678. The molecule has 1 unspecified atom stereocenters. The molecule has 1 atom stereocenters. The van der Waals surface area contributed by atoms with E-state index in [2.05, 4.69) is 22.5 Å². The van der Waals surface area contributed by atoms with Crippen LogP contribution in [-0.2, 0) is 4.79 Å². The number of aryl methyl sites for hydroxylation is 1. The topological polar surface area (TPSA) is 61.4 Å². The first-order valence-corrected chi connectivity index (χ1v) is 9.76. The van der Waals surface area contributed by atoms with Gasteiger partial charge in [-0.2, -0.15) is 0 Å². The Morgan fingerprint density at radius 2 is 2.04 bits per heavy atom. The lowest BCUT2D eigenvalue weighted by molar-refractivity contribution is -0.117. The van der Waals surface area contributed by atoms with Crippen molar-refractivity contribution in [3.8, 4) is 0 Å². The number of carbonyl (C=O) groups excluding carboxylic acids is 2. The zero-order valence-electron chi connectivity index (χ0n) is 14.6. The maximum absolute atomic E-state index is 12.4. The Morgan fingerprint density at radius 3 is 2.71 bits per heavy atom. The van der Waals surface area contributed by atoms with Crippen LogP contribution in [0.5, 0.6) is 0 Å². The summed E-state index contributed by atoms with van der Waals surface area (Å²) in [5.41, 5.74) is 0.927. The van der Waals surface area contributed by atoms with Gasteiger partial charge in [-0.1, -0.05) is 6.92 Å². The predicted octanol–water partition coefficient (Wildman–Crippen LogP) is 2.87. The lowest BCUT2D eigenvalue weighted by atomic mass is 10.1. The maximum Gasteiger partial charge on any atom is 0.261 e. The number of nitrogens with one attached hydrogen (secondary N) is 2. The van der Waals surface area contributed by atoms with Crippen LogP contribution < -0.4 is 10.6 Å². The molecule has 2 fully saturated rings. The standard InChI is InChI=1S/C18H27N3O2S/c1-12(11-21-7-3-4-8-21)10-19-18(23)16-13(2)9-15(24-16)20-17(22)14-5-6-14/h9,12,14H,3-8,10-11H2,1-2H3,(H,19,23)(H,20,22). The molecule has 2 heterocycles. The summed E-state index contributed by atoms with van der Waals surface area (Å²) >= 11 is 1.37. The van der Waals surface area contributed by atoms with Gasteiger partial charge in [-0.25, -0.2) is 0 Å². The summed E-state index contributed by atoms with van der Waals surface area (Å²) < 4.78 is 0. The lowest BCUT2D eigenvalue weighted by Gasteiger charge is -2.20. The van der Waals surface area contributed by atoms with Crippen molar-refractivity contribution < 1.29 is 9.59 Å². The molecule has 1 aromatic heterocycles. The number of anilines is 1. The van der Waals surface area contributed by atoms with Crippen molar-refractivity contribution in [3.05, 3.63) is 16.5 Å². The zero-order chi connectivity index (χ0) is 17.1. The van der Waals surface area contributed by atoms with Gasteiger partial charge in [0.25, 0.3) is 5.91 Å². The van der Waals surface area contributed by atoms with Gasteiger partial charge in [-0.3, -0.25) is 9.59 Å². The molecule has 0 radical (unpaired) electrons. The number of nitrogens with zero attached hydrogens (tertiary/aromatic N) is 1. The van der Waals surface area contributed by atoms with Crippen molar-refractivity contribution in [2.45, 2.75) is 39.5 Å². The molecule has 1 saturated heterocycles. The van der Waals surface area contributed by atoms with E-state index in [0.29, 0.717) is 17.3 Å². The summed E-state index contributed by atoms with van der Waals surface area (Å²) in [6.45, 7) is 8.22. The van der Waals surface area contributed by atoms with Crippen LogP contribution in [0.1, 0.15) is 47.8 Å². The fraction of sp³-hybridized carbons (Fsp3) is 0.667. The average molecular weight is 350 g/mol. The van der Waals surface area contributed by atoms with Crippen molar-refractivity contribution in [1.29, 1.82) is 0 Å². The minimum atomic E-state index is -0.0299. The number of amides is 2. The number of likely N-dealkylation sites (tertiary alicyclic amines) is 1. The highest BCUT2D eigenvalue weighted by atomic mass is 32.1. The Labute approximate surface area is 147 Å². The van der Waals surface area contributed by atoms with Crippen molar-refractivity contribution in [1.82, 2.24) is 10.2 Å². The molecule has 1 aliphatic carbocycles. The fourth-order valence-corrected chi connectivity index (χ4v) is 4.15. The van der Waals surface area contributed by atoms with Gasteiger partial charge in [0.15, 0.2) is 0 Å². The molecule has 0 bridgehead atoms. The molecule has 0 aromatic carbocycles. The van der Waals surface area contributed by atoms with Gasteiger partial charge >= 0.3 is 0 Å². The number of carbonyl (C=O) groups is 2. The highest BCUT2D eigenvalue weighted by Gasteiger charge is 2.30. The Bertz CT molecular complexity index is 603. The van der Waals surface area contributed by atoms with Gasteiger partial charge in [-0.05, 0) is 63.2 Å². The average Bonchev–Trinajstić information content (AvgIpc) is 3.17. The van der Waals surface area contributed by atoms with Gasteiger partial charge in [0.1, 0.15) is 0 Å². The molecule has 2 aliphatic rings. The molecule has 6 heteroatoms. The molecular weight excluding hydrogens is 322 g/mol. The minimum Gasteiger partial charge on any atom is -0.351 e. The number of thiophene rings is 1. The molecule has 1 aliphatic heterocycles. The largest absolute Gasteiger partial charge is 0.351 e. The second-order valence-corrected chi connectivity index (χ2v) is 8.26. The number of rotatable bonds is 7. The van der Waals surface area contributed by atoms with E-state index in [4.69, 9.17) is 0 Å². The predicted molar refractivity (Wildman–Crippen MR) is 97.6 cm³/mol. The Morgan fingerprint density at radius 1 is 1.33 bits per heavy atom.